The molecule has 2 aliphatic heterocycles. The maximum absolute atomic E-state index is 4.51. The van der Waals surface area contributed by atoms with Gasteiger partial charge in [0.1, 0.15) is 0 Å². The zero-order chi connectivity index (χ0) is 18.3. The third-order valence-corrected chi connectivity index (χ3v) is 7.13. The van der Waals surface area contributed by atoms with Crippen molar-refractivity contribution in [2.24, 2.45) is 0 Å². The molecule has 0 saturated heterocycles. The van der Waals surface area contributed by atoms with E-state index < -0.39 is 0 Å². The molecular weight excluding hydrogens is 314 g/mol. The van der Waals surface area contributed by atoms with E-state index in [0.717, 1.165) is 0 Å². The van der Waals surface area contributed by atoms with Crippen molar-refractivity contribution in [2.45, 2.75) is 44.7 Å². The standard InChI is InChI=1S/C25H25N/c1-16-13-17(2)23-21(14-16)24(4)18(3)25(24,5)26-15-20(11-12-22(23)26)19-9-7-6-8-10-19/h6-15,22H,3H2,1-2,4-5H3. The summed E-state index contributed by atoms with van der Waals surface area (Å²) >= 11 is 0. The van der Waals surface area contributed by atoms with Crippen LogP contribution >= 0.6 is 0 Å². The van der Waals surface area contributed by atoms with Gasteiger partial charge in [-0.1, -0.05) is 66.8 Å². The molecule has 3 unspecified atom stereocenters. The Labute approximate surface area is 156 Å². The maximum atomic E-state index is 4.51. The summed E-state index contributed by atoms with van der Waals surface area (Å²) in [7, 11) is 0. The average Bonchev–Trinajstić information content (AvgIpc) is 3.10. The molecule has 0 bridgehead atoms. The summed E-state index contributed by atoms with van der Waals surface area (Å²) in [5.41, 5.74) is 9.56. The molecule has 0 aromatic heterocycles. The van der Waals surface area contributed by atoms with Crippen molar-refractivity contribution in [1.82, 2.24) is 4.90 Å². The van der Waals surface area contributed by atoms with E-state index in [1.165, 1.54) is 39.0 Å². The topological polar surface area (TPSA) is 3.24 Å². The monoisotopic (exact) mass is 339 g/mol. The lowest BCUT2D eigenvalue weighted by Crippen LogP contribution is -2.44. The summed E-state index contributed by atoms with van der Waals surface area (Å²) in [6.07, 6.45) is 7.02. The van der Waals surface area contributed by atoms with Crippen LogP contribution in [0.3, 0.4) is 0 Å². The molecule has 5 rings (SSSR count). The number of rotatable bonds is 1. The minimum atomic E-state index is -0.0182. The molecule has 0 radical (unpaired) electrons. The quantitative estimate of drug-likeness (QED) is 0.588. The second kappa shape index (κ2) is 4.79. The van der Waals surface area contributed by atoms with Crippen LogP contribution in [0.1, 0.15) is 47.7 Å². The highest BCUT2D eigenvalue weighted by Crippen LogP contribution is 2.71. The van der Waals surface area contributed by atoms with Crippen LogP contribution in [0.4, 0.5) is 0 Å². The Bertz CT molecular complexity index is 1010. The Kier molecular flexibility index (Phi) is 2.89. The molecule has 1 aliphatic carbocycles. The molecule has 1 heteroatoms. The number of hydrogen-bond donors (Lipinski definition) is 0. The lowest BCUT2D eigenvalue weighted by molar-refractivity contribution is 0.194. The molecule has 2 heterocycles. The first-order valence-electron chi connectivity index (χ1n) is 9.44. The zero-order valence-corrected chi connectivity index (χ0v) is 16.0. The Balaban J connectivity index is 1.73. The number of fused-ring (bicyclic) bond motifs is 6. The van der Waals surface area contributed by atoms with E-state index in [-0.39, 0.29) is 17.0 Å². The van der Waals surface area contributed by atoms with E-state index in [4.69, 9.17) is 0 Å². The number of hydrogen-bond acceptors (Lipinski definition) is 1. The summed E-state index contributed by atoms with van der Waals surface area (Å²) in [5, 5.41) is 0. The van der Waals surface area contributed by atoms with Gasteiger partial charge in [-0.3, -0.25) is 0 Å². The van der Waals surface area contributed by atoms with E-state index in [2.05, 4.69) is 100.0 Å². The largest absolute Gasteiger partial charge is 0.356 e. The van der Waals surface area contributed by atoms with Gasteiger partial charge in [0.05, 0.1) is 11.6 Å². The Morgan fingerprint density at radius 3 is 2.50 bits per heavy atom. The van der Waals surface area contributed by atoms with Gasteiger partial charge < -0.3 is 4.90 Å². The van der Waals surface area contributed by atoms with Crippen molar-refractivity contribution in [3.05, 3.63) is 101 Å². The highest BCUT2D eigenvalue weighted by atomic mass is 15.3. The molecule has 2 aromatic carbocycles. The van der Waals surface area contributed by atoms with E-state index >= 15 is 0 Å². The van der Waals surface area contributed by atoms with Crippen LogP contribution in [0.15, 0.2) is 73.0 Å². The molecule has 0 spiro atoms. The van der Waals surface area contributed by atoms with E-state index in [1.54, 1.807) is 0 Å². The number of aryl methyl sites for hydroxylation is 2. The zero-order valence-electron chi connectivity index (χ0n) is 16.0. The van der Waals surface area contributed by atoms with E-state index in [0.29, 0.717) is 0 Å². The van der Waals surface area contributed by atoms with E-state index in [9.17, 15) is 0 Å². The van der Waals surface area contributed by atoms with Crippen LogP contribution in [0.25, 0.3) is 5.57 Å². The van der Waals surface area contributed by atoms with Gasteiger partial charge in [-0.2, -0.15) is 0 Å². The van der Waals surface area contributed by atoms with Gasteiger partial charge in [-0.05, 0) is 61.1 Å². The maximum Gasteiger partial charge on any atom is 0.0739 e. The Hall–Kier alpha value is -2.54. The van der Waals surface area contributed by atoms with Gasteiger partial charge in [0.2, 0.25) is 0 Å². The first kappa shape index (κ1) is 15.7. The summed E-state index contributed by atoms with van der Waals surface area (Å²) in [6, 6.07) is 15.7. The van der Waals surface area contributed by atoms with Crippen LogP contribution in [0.5, 0.6) is 0 Å². The van der Waals surface area contributed by atoms with Crippen LogP contribution in [-0.2, 0) is 5.41 Å². The fraction of sp³-hybridized carbons (Fsp3) is 0.280. The number of benzene rings is 2. The minimum Gasteiger partial charge on any atom is -0.356 e. The lowest BCUT2D eigenvalue weighted by atomic mass is 9.77. The average molecular weight is 339 g/mol. The summed E-state index contributed by atoms with van der Waals surface area (Å²) < 4.78 is 0. The predicted molar refractivity (Wildman–Crippen MR) is 109 cm³/mol. The molecule has 1 saturated carbocycles. The van der Waals surface area contributed by atoms with Crippen molar-refractivity contribution in [3.8, 4) is 0 Å². The Morgan fingerprint density at radius 1 is 1.04 bits per heavy atom. The van der Waals surface area contributed by atoms with Gasteiger partial charge in [0, 0.05) is 11.6 Å². The molecular formula is C25H25N. The van der Waals surface area contributed by atoms with Crippen molar-refractivity contribution in [1.29, 1.82) is 0 Å². The van der Waals surface area contributed by atoms with Crippen molar-refractivity contribution >= 4 is 5.57 Å². The molecule has 3 aliphatic rings. The molecule has 1 fully saturated rings. The Morgan fingerprint density at radius 2 is 1.77 bits per heavy atom. The first-order valence-corrected chi connectivity index (χ1v) is 9.44. The van der Waals surface area contributed by atoms with E-state index in [1.807, 2.05) is 0 Å². The molecule has 26 heavy (non-hydrogen) atoms. The van der Waals surface area contributed by atoms with Gasteiger partial charge in [-0.25, -0.2) is 0 Å². The predicted octanol–water partition coefficient (Wildman–Crippen LogP) is 5.86. The fourth-order valence-corrected chi connectivity index (χ4v) is 5.39. The van der Waals surface area contributed by atoms with Crippen LogP contribution in [0.2, 0.25) is 0 Å². The first-order chi connectivity index (χ1) is 12.4. The van der Waals surface area contributed by atoms with Gasteiger partial charge in [-0.15, -0.1) is 0 Å². The number of nitrogens with zero attached hydrogens (tertiary/aromatic N) is 1. The second-order valence-corrected chi connectivity index (χ2v) is 8.38. The minimum absolute atomic E-state index is 0.0182. The smallest absolute Gasteiger partial charge is 0.0739 e. The third kappa shape index (κ3) is 1.66. The molecule has 1 nitrogen and oxygen atoms in total. The summed E-state index contributed by atoms with van der Waals surface area (Å²) in [6.45, 7) is 13.7. The van der Waals surface area contributed by atoms with Gasteiger partial charge in [0.15, 0.2) is 0 Å². The van der Waals surface area contributed by atoms with Crippen molar-refractivity contribution < 1.29 is 0 Å². The normalized spacial score (nSPS) is 31.1. The second-order valence-electron chi connectivity index (χ2n) is 8.38. The van der Waals surface area contributed by atoms with Crippen LogP contribution < -0.4 is 0 Å². The van der Waals surface area contributed by atoms with Gasteiger partial charge >= 0.3 is 0 Å². The van der Waals surface area contributed by atoms with Crippen LogP contribution in [0, 0.1) is 13.8 Å². The number of allylic oxidation sites excluding steroid dienone is 2. The molecule has 0 amide bonds. The molecule has 0 N–H and O–H groups in total. The lowest BCUT2D eigenvalue weighted by Gasteiger charge is -2.45. The highest BCUT2D eigenvalue weighted by molar-refractivity contribution is 5.78. The highest BCUT2D eigenvalue weighted by Gasteiger charge is 2.72. The SMILES string of the molecule is C=C1C2(C)c3cc(C)cc(C)c3C3C=CC(c4ccccc4)=CN3C12C. The summed E-state index contributed by atoms with van der Waals surface area (Å²) in [5.74, 6) is 0. The van der Waals surface area contributed by atoms with Crippen molar-refractivity contribution in [3.63, 3.8) is 0 Å². The van der Waals surface area contributed by atoms with Gasteiger partial charge in [0.25, 0.3) is 0 Å². The summed E-state index contributed by atoms with van der Waals surface area (Å²) in [4.78, 5) is 2.56. The third-order valence-electron chi connectivity index (χ3n) is 7.13. The molecule has 3 atom stereocenters. The van der Waals surface area contributed by atoms with Crippen molar-refractivity contribution in [2.75, 3.05) is 0 Å². The van der Waals surface area contributed by atoms with Crippen LogP contribution in [-0.4, -0.2) is 10.4 Å². The molecule has 2 aromatic rings. The molecule has 130 valence electrons. The fourth-order valence-electron chi connectivity index (χ4n) is 5.39.